The first-order valence-corrected chi connectivity index (χ1v) is 6.60. The van der Waals surface area contributed by atoms with E-state index in [0.717, 1.165) is 17.0 Å². The number of benzene rings is 1. The highest BCUT2D eigenvalue weighted by Gasteiger charge is 2.12. The molecule has 1 aromatic carbocycles. The van der Waals surface area contributed by atoms with Crippen LogP contribution in [0, 0.1) is 6.92 Å². The second-order valence-electron chi connectivity index (χ2n) is 5.56. The van der Waals surface area contributed by atoms with Crippen molar-refractivity contribution in [3.63, 3.8) is 0 Å². The molecule has 19 heavy (non-hydrogen) atoms. The fraction of sp³-hybridized carbons (Fsp3) is 0.533. The van der Waals surface area contributed by atoms with Crippen molar-refractivity contribution < 1.29 is 9.53 Å². The molecule has 0 saturated carbocycles. The molecule has 0 aliphatic heterocycles. The van der Waals surface area contributed by atoms with Gasteiger partial charge < -0.3 is 15.4 Å². The maximum absolute atomic E-state index is 11.8. The fourth-order valence-corrected chi connectivity index (χ4v) is 1.57. The summed E-state index contributed by atoms with van der Waals surface area (Å²) in [4.78, 5) is 11.8. The van der Waals surface area contributed by atoms with Crippen LogP contribution < -0.4 is 15.4 Å². The first kappa shape index (κ1) is 15.5. The summed E-state index contributed by atoms with van der Waals surface area (Å²) in [6, 6.07) is 5.66. The van der Waals surface area contributed by atoms with Crippen molar-refractivity contribution in [2.24, 2.45) is 0 Å². The number of nitrogens with one attached hydrogen (secondary N) is 2. The third kappa shape index (κ3) is 5.75. The lowest BCUT2D eigenvalue weighted by Gasteiger charge is -2.20. The van der Waals surface area contributed by atoms with Crippen LogP contribution in [0.3, 0.4) is 0 Å². The summed E-state index contributed by atoms with van der Waals surface area (Å²) in [7, 11) is 0. The summed E-state index contributed by atoms with van der Waals surface area (Å²) >= 11 is 0. The lowest BCUT2D eigenvalue weighted by molar-refractivity contribution is -0.115. The van der Waals surface area contributed by atoms with Crippen LogP contribution in [0.5, 0.6) is 5.75 Å². The van der Waals surface area contributed by atoms with Gasteiger partial charge in [0.05, 0.1) is 13.2 Å². The lowest BCUT2D eigenvalue weighted by Crippen LogP contribution is -2.41. The van der Waals surface area contributed by atoms with Crippen LogP contribution in [-0.4, -0.2) is 24.6 Å². The summed E-state index contributed by atoms with van der Waals surface area (Å²) in [6.45, 7) is 10.9. The van der Waals surface area contributed by atoms with Crippen LogP contribution >= 0.6 is 0 Å². The Balaban J connectivity index is 2.59. The van der Waals surface area contributed by atoms with Crippen molar-refractivity contribution in [2.45, 2.75) is 40.2 Å². The molecule has 0 aliphatic carbocycles. The number of hydrogen-bond donors (Lipinski definition) is 2. The van der Waals surface area contributed by atoms with E-state index in [1.807, 2.05) is 52.8 Å². The van der Waals surface area contributed by atoms with E-state index in [4.69, 9.17) is 4.74 Å². The number of amides is 1. The Labute approximate surface area is 115 Å². The van der Waals surface area contributed by atoms with Gasteiger partial charge in [0.1, 0.15) is 5.75 Å². The molecule has 2 N–H and O–H groups in total. The number of anilines is 1. The van der Waals surface area contributed by atoms with Crippen molar-refractivity contribution in [3.8, 4) is 5.75 Å². The topological polar surface area (TPSA) is 50.4 Å². The molecular weight excluding hydrogens is 240 g/mol. The van der Waals surface area contributed by atoms with E-state index >= 15 is 0 Å². The Morgan fingerprint density at radius 2 is 2.00 bits per heavy atom. The number of rotatable bonds is 5. The second kappa shape index (κ2) is 6.57. The Hall–Kier alpha value is -1.55. The smallest absolute Gasteiger partial charge is 0.238 e. The van der Waals surface area contributed by atoms with E-state index in [9.17, 15) is 4.79 Å². The summed E-state index contributed by atoms with van der Waals surface area (Å²) < 4.78 is 5.41. The zero-order chi connectivity index (χ0) is 14.5. The number of carbonyl (C=O) groups excluding carboxylic acids is 1. The van der Waals surface area contributed by atoms with Gasteiger partial charge in [-0.05, 0) is 58.4 Å². The Morgan fingerprint density at radius 3 is 2.53 bits per heavy atom. The lowest BCUT2D eigenvalue weighted by atomic mass is 10.1. The predicted octanol–water partition coefficient (Wildman–Crippen LogP) is 2.72. The Kier molecular flexibility index (Phi) is 5.36. The van der Waals surface area contributed by atoms with Gasteiger partial charge in [-0.1, -0.05) is 0 Å². The zero-order valence-electron chi connectivity index (χ0n) is 12.5. The van der Waals surface area contributed by atoms with Gasteiger partial charge in [0, 0.05) is 11.2 Å². The third-order valence-corrected chi connectivity index (χ3v) is 2.56. The maximum atomic E-state index is 11.8. The average molecular weight is 264 g/mol. The van der Waals surface area contributed by atoms with E-state index in [-0.39, 0.29) is 11.4 Å². The normalized spacial score (nSPS) is 11.2. The molecule has 0 fully saturated rings. The minimum Gasteiger partial charge on any atom is -0.494 e. The van der Waals surface area contributed by atoms with Gasteiger partial charge in [-0.25, -0.2) is 0 Å². The van der Waals surface area contributed by atoms with E-state index in [2.05, 4.69) is 10.6 Å². The molecule has 1 amide bonds. The van der Waals surface area contributed by atoms with E-state index in [1.165, 1.54) is 0 Å². The summed E-state index contributed by atoms with van der Waals surface area (Å²) in [6.07, 6.45) is 0. The molecule has 0 saturated heterocycles. The number of carbonyl (C=O) groups is 1. The molecule has 0 unspecified atom stereocenters. The first-order chi connectivity index (χ1) is 8.81. The van der Waals surface area contributed by atoms with Gasteiger partial charge in [0.15, 0.2) is 0 Å². The van der Waals surface area contributed by atoms with Crippen LogP contribution in [-0.2, 0) is 4.79 Å². The molecule has 4 nitrogen and oxygen atoms in total. The van der Waals surface area contributed by atoms with Crippen molar-refractivity contribution in [1.29, 1.82) is 0 Å². The maximum Gasteiger partial charge on any atom is 0.238 e. The predicted molar refractivity (Wildman–Crippen MR) is 78.7 cm³/mol. The van der Waals surface area contributed by atoms with Crippen molar-refractivity contribution >= 4 is 11.6 Å². The molecule has 4 heteroatoms. The molecular formula is C15H24N2O2. The Bertz CT molecular complexity index is 436. The highest BCUT2D eigenvalue weighted by Crippen LogP contribution is 2.21. The zero-order valence-corrected chi connectivity index (χ0v) is 12.5. The van der Waals surface area contributed by atoms with Crippen molar-refractivity contribution in [1.82, 2.24) is 5.32 Å². The average Bonchev–Trinajstić information content (AvgIpc) is 2.30. The summed E-state index contributed by atoms with van der Waals surface area (Å²) in [5.41, 5.74) is 1.75. The largest absolute Gasteiger partial charge is 0.494 e. The standard InChI is InChI=1S/C15H24N2O2/c1-6-19-12-7-8-13(11(2)9-12)17-14(18)10-16-15(3,4)5/h7-9,16H,6,10H2,1-5H3,(H,17,18). The van der Waals surface area contributed by atoms with Gasteiger partial charge >= 0.3 is 0 Å². The van der Waals surface area contributed by atoms with E-state index in [0.29, 0.717) is 13.2 Å². The Morgan fingerprint density at radius 1 is 1.32 bits per heavy atom. The monoisotopic (exact) mass is 264 g/mol. The number of hydrogen-bond acceptors (Lipinski definition) is 3. The van der Waals surface area contributed by atoms with Crippen LogP contribution in [0.4, 0.5) is 5.69 Å². The molecule has 0 atom stereocenters. The van der Waals surface area contributed by atoms with Gasteiger partial charge in [0.2, 0.25) is 5.91 Å². The van der Waals surface area contributed by atoms with E-state index in [1.54, 1.807) is 0 Å². The van der Waals surface area contributed by atoms with Gasteiger partial charge in [-0.3, -0.25) is 4.79 Å². The molecule has 106 valence electrons. The van der Waals surface area contributed by atoms with Gasteiger partial charge in [0.25, 0.3) is 0 Å². The minimum atomic E-state index is -0.0643. The highest BCUT2D eigenvalue weighted by molar-refractivity contribution is 5.93. The second-order valence-corrected chi connectivity index (χ2v) is 5.56. The van der Waals surface area contributed by atoms with Crippen LogP contribution in [0.1, 0.15) is 33.3 Å². The molecule has 0 bridgehead atoms. The minimum absolute atomic E-state index is 0.0396. The molecule has 1 rings (SSSR count). The fourth-order valence-electron chi connectivity index (χ4n) is 1.57. The van der Waals surface area contributed by atoms with Crippen LogP contribution in [0.2, 0.25) is 0 Å². The quantitative estimate of drug-likeness (QED) is 0.859. The number of aryl methyl sites for hydroxylation is 1. The van der Waals surface area contributed by atoms with Crippen molar-refractivity contribution in [2.75, 3.05) is 18.5 Å². The molecule has 1 aromatic rings. The molecule has 0 aliphatic rings. The summed E-state index contributed by atoms with van der Waals surface area (Å²) in [5.74, 6) is 0.785. The molecule has 0 heterocycles. The van der Waals surface area contributed by atoms with Gasteiger partial charge in [-0.2, -0.15) is 0 Å². The first-order valence-electron chi connectivity index (χ1n) is 6.60. The molecule has 0 spiro atoms. The van der Waals surface area contributed by atoms with E-state index < -0.39 is 0 Å². The van der Waals surface area contributed by atoms with Gasteiger partial charge in [-0.15, -0.1) is 0 Å². The molecule has 0 radical (unpaired) electrons. The SMILES string of the molecule is CCOc1ccc(NC(=O)CNC(C)(C)C)c(C)c1. The number of ether oxygens (including phenoxy) is 1. The highest BCUT2D eigenvalue weighted by atomic mass is 16.5. The summed E-state index contributed by atoms with van der Waals surface area (Å²) in [5, 5.41) is 6.05. The third-order valence-electron chi connectivity index (χ3n) is 2.56. The molecule has 0 aromatic heterocycles. The van der Waals surface area contributed by atoms with Crippen LogP contribution in [0.15, 0.2) is 18.2 Å². The van der Waals surface area contributed by atoms with Crippen molar-refractivity contribution in [3.05, 3.63) is 23.8 Å². The van der Waals surface area contributed by atoms with Crippen LogP contribution in [0.25, 0.3) is 0 Å².